The summed E-state index contributed by atoms with van der Waals surface area (Å²) >= 11 is 0. The van der Waals surface area contributed by atoms with Crippen molar-refractivity contribution in [1.82, 2.24) is 4.31 Å². The zero-order chi connectivity index (χ0) is 19.3. The molecule has 0 heterocycles. The first-order chi connectivity index (χ1) is 12.2. The molecule has 6 nitrogen and oxygen atoms in total. The Morgan fingerprint density at radius 1 is 1.12 bits per heavy atom. The number of esters is 1. The van der Waals surface area contributed by atoms with Crippen LogP contribution >= 0.6 is 0 Å². The normalized spacial score (nSPS) is 11.4. The lowest BCUT2D eigenvalue weighted by molar-refractivity contribution is 0.0447. The molecule has 0 saturated heterocycles. The smallest absolute Gasteiger partial charge is 0.338 e. The van der Waals surface area contributed by atoms with Gasteiger partial charge in [0.1, 0.15) is 13.2 Å². The van der Waals surface area contributed by atoms with Gasteiger partial charge in [0.2, 0.25) is 10.0 Å². The van der Waals surface area contributed by atoms with Crippen LogP contribution in [-0.2, 0) is 14.8 Å². The van der Waals surface area contributed by atoms with Crippen LogP contribution < -0.4 is 4.74 Å². The van der Waals surface area contributed by atoms with Crippen molar-refractivity contribution in [3.05, 3.63) is 59.4 Å². The van der Waals surface area contributed by atoms with Crippen LogP contribution in [0.5, 0.6) is 5.75 Å². The van der Waals surface area contributed by atoms with Gasteiger partial charge < -0.3 is 9.47 Å². The third-order valence-corrected chi connectivity index (χ3v) is 5.43. The maximum atomic E-state index is 13.4. The molecule has 0 unspecified atom stereocenters. The number of carbonyl (C=O) groups is 1. The van der Waals surface area contributed by atoms with Crippen LogP contribution in [-0.4, -0.2) is 46.0 Å². The zero-order valence-electron chi connectivity index (χ0n) is 14.7. The predicted molar refractivity (Wildman–Crippen MR) is 94.2 cm³/mol. The van der Waals surface area contributed by atoms with Gasteiger partial charge in [0.05, 0.1) is 10.5 Å². The van der Waals surface area contributed by atoms with Crippen LogP contribution in [0.15, 0.2) is 47.4 Å². The zero-order valence-corrected chi connectivity index (χ0v) is 15.5. The second-order valence-electron chi connectivity index (χ2n) is 5.68. The molecule has 0 aliphatic heterocycles. The van der Waals surface area contributed by atoms with Crippen LogP contribution in [0.2, 0.25) is 0 Å². The van der Waals surface area contributed by atoms with Crippen molar-refractivity contribution in [1.29, 1.82) is 0 Å². The fourth-order valence-electron chi connectivity index (χ4n) is 2.12. The third kappa shape index (κ3) is 4.59. The van der Waals surface area contributed by atoms with Gasteiger partial charge in [-0.15, -0.1) is 0 Å². The van der Waals surface area contributed by atoms with Gasteiger partial charge in [-0.25, -0.2) is 21.9 Å². The lowest BCUT2D eigenvalue weighted by Gasteiger charge is -2.13. The molecule has 2 rings (SSSR count). The van der Waals surface area contributed by atoms with Gasteiger partial charge in [0.15, 0.2) is 11.6 Å². The van der Waals surface area contributed by atoms with E-state index in [0.717, 1.165) is 4.31 Å². The summed E-state index contributed by atoms with van der Waals surface area (Å²) in [7, 11) is -0.837. The topological polar surface area (TPSA) is 72.9 Å². The summed E-state index contributed by atoms with van der Waals surface area (Å²) in [5, 5.41) is 0. The molecule has 140 valence electrons. The lowest BCUT2D eigenvalue weighted by Crippen LogP contribution is -2.23. The Kier molecular flexibility index (Phi) is 6.33. The standard InChI is InChI=1S/C18H20FNO5S/c1-13-8-9-14(26(22,23)20(2)3)12-15(13)18(21)25-11-10-24-17-7-5-4-6-16(17)19/h4-9,12H,10-11H2,1-3H3. The number of carbonyl (C=O) groups excluding carboxylic acids is 1. The number of sulfonamides is 1. The molecule has 0 amide bonds. The number of rotatable bonds is 7. The Balaban J connectivity index is 2.02. The number of hydrogen-bond donors (Lipinski definition) is 0. The molecule has 8 heteroatoms. The quantitative estimate of drug-likeness (QED) is 0.545. The van der Waals surface area contributed by atoms with Crippen molar-refractivity contribution in [2.75, 3.05) is 27.3 Å². The van der Waals surface area contributed by atoms with E-state index in [1.807, 2.05) is 0 Å². The van der Waals surface area contributed by atoms with Gasteiger partial charge in [-0.2, -0.15) is 0 Å². The van der Waals surface area contributed by atoms with Crippen molar-refractivity contribution in [3.63, 3.8) is 0 Å². The van der Waals surface area contributed by atoms with Crippen molar-refractivity contribution >= 4 is 16.0 Å². The lowest BCUT2D eigenvalue weighted by atomic mass is 10.1. The molecule has 0 aliphatic rings. The first kappa shape index (κ1) is 19.9. The van der Waals surface area contributed by atoms with Crippen LogP contribution in [0, 0.1) is 12.7 Å². The fourth-order valence-corrected chi connectivity index (χ4v) is 3.05. The molecular weight excluding hydrogens is 361 g/mol. The Labute approximate surface area is 152 Å². The first-order valence-electron chi connectivity index (χ1n) is 7.81. The molecule has 26 heavy (non-hydrogen) atoms. The first-order valence-corrected chi connectivity index (χ1v) is 9.25. The Hall–Kier alpha value is -2.45. The highest BCUT2D eigenvalue weighted by atomic mass is 32.2. The van der Waals surface area contributed by atoms with Gasteiger partial charge in [-0.05, 0) is 36.8 Å². The van der Waals surface area contributed by atoms with Crippen LogP contribution in [0.3, 0.4) is 0 Å². The summed E-state index contributed by atoms with van der Waals surface area (Å²) in [5.41, 5.74) is 0.738. The number of aryl methyl sites for hydroxylation is 1. The van der Waals surface area contributed by atoms with Crippen molar-refractivity contribution < 1.29 is 27.1 Å². The summed E-state index contributed by atoms with van der Waals surface area (Å²) in [5.74, 6) is -1.11. The monoisotopic (exact) mass is 381 g/mol. The van der Waals surface area contributed by atoms with E-state index in [-0.39, 0.29) is 29.4 Å². The summed E-state index contributed by atoms with van der Waals surface area (Å²) in [6.45, 7) is 1.55. The molecule has 0 aromatic heterocycles. The number of nitrogens with zero attached hydrogens (tertiary/aromatic N) is 1. The summed E-state index contributed by atoms with van der Waals surface area (Å²) in [6.07, 6.45) is 0. The van der Waals surface area contributed by atoms with E-state index in [1.165, 1.54) is 38.4 Å². The Morgan fingerprint density at radius 2 is 1.81 bits per heavy atom. The minimum absolute atomic E-state index is 0.00246. The van der Waals surface area contributed by atoms with Crippen molar-refractivity contribution in [3.8, 4) is 5.75 Å². The second kappa shape index (κ2) is 8.29. The minimum Gasteiger partial charge on any atom is -0.487 e. The van der Waals surface area contributed by atoms with E-state index >= 15 is 0 Å². The number of hydrogen-bond acceptors (Lipinski definition) is 5. The molecule has 0 saturated carbocycles. The van der Waals surface area contributed by atoms with Crippen molar-refractivity contribution in [2.24, 2.45) is 0 Å². The molecule has 0 spiro atoms. The molecule has 0 bridgehead atoms. The van der Waals surface area contributed by atoms with Crippen LogP contribution in [0.4, 0.5) is 4.39 Å². The van der Waals surface area contributed by atoms with Crippen LogP contribution in [0.25, 0.3) is 0 Å². The molecule has 0 aliphatic carbocycles. The summed E-state index contributed by atoms with van der Waals surface area (Å²) < 4.78 is 49.2. The number of benzene rings is 2. The molecule has 0 radical (unpaired) electrons. The Morgan fingerprint density at radius 3 is 2.46 bits per heavy atom. The molecule has 0 N–H and O–H groups in total. The maximum Gasteiger partial charge on any atom is 0.338 e. The van der Waals surface area contributed by atoms with Gasteiger partial charge in [-0.3, -0.25) is 0 Å². The largest absolute Gasteiger partial charge is 0.487 e. The summed E-state index contributed by atoms with van der Waals surface area (Å²) in [4.78, 5) is 12.2. The van der Waals surface area contributed by atoms with Gasteiger partial charge in [0.25, 0.3) is 0 Å². The highest BCUT2D eigenvalue weighted by Gasteiger charge is 2.20. The highest BCUT2D eigenvalue weighted by molar-refractivity contribution is 7.89. The highest BCUT2D eigenvalue weighted by Crippen LogP contribution is 2.19. The van der Waals surface area contributed by atoms with E-state index in [1.54, 1.807) is 25.1 Å². The summed E-state index contributed by atoms with van der Waals surface area (Å²) in [6, 6.07) is 10.2. The van der Waals surface area contributed by atoms with E-state index in [2.05, 4.69) is 0 Å². The van der Waals surface area contributed by atoms with Gasteiger partial charge in [-0.1, -0.05) is 18.2 Å². The van der Waals surface area contributed by atoms with E-state index in [0.29, 0.717) is 5.56 Å². The molecule has 0 atom stereocenters. The molecule has 2 aromatic rings. The van der Waals surface area contributed by atoms with Gasteiger partial charge >= 0.3 is 5.97 Å². The van der Waals surface area contributed by atoms with E-state index in [4.69, 9.17) is 9.47 Å². The fraction of sp³-hybridized carbons (Fsp3) is 0.278. The Bertz CT molecular complexity index is 896. The molecule has 2 aromatic carbocycles. The van der Waals surface area contributed by atoms with Crippen molar-refractivity contribution in [2.45, 2.75) is 11.8 Å². The number of halogens is 1. The minimum atomic E-state index is -3.66. The number of para-hydroxylation sites is 1. The maximum absolute atomic E-state index is 13.4. The predicted octanol–water partition coefficient (Wildman–Crippen LogP) is 2.62. The average molecular weight is 381 g/mol. The molecular formula is C18H20FNO5S. The van der Waals surface area contributed by atoms with Crippen LogP contribution in [0.1, 0.15) is 15.9 Å². The van der Waals surface area contributed by atoms with Gasteiger partial charge in [0, 0.05) is 14.1 Å². The SMILES string of the molecule is Cc1ccc(S(=O)(=O)N(C)C)cc1C(=O)OCCOc1ccccc1F. The average Bonchev–Trinajstić information content (AvgIpc) is 2.60. The van der Waals surface area contributed by atoms with E-state index < -0.39 is 21.8 Å². The molecule has 0 fully saturated rings. The number of ether oxygens (including phenoxy) is 2. The third-order valence-electron chi connectivity index (χ3n) is 3.62. The van der Waals surface area contributed by atoms with E-state index in [9.17, 15) is 17.6 Å². The second-order valence-corrected chi connectivity index (χ2v) is 7.83.